The van der Waals surface area contributed by atoms with Crippen LogP contribution in [0.5, 0.6) is 0 Å². The zero-order chi connectivity index (χ0) is 19.0. The van der Waals surface area contributed by atoms with E-state index in [0.717, 1.165) is 41.4 Å². The highest BCUT2D eigenvalue weighted by Gasteiger charge is 2.28. The fraction of sp³-hybridized carbons (Fsp3) is 0.350. The molecule has 1 aliphatic heterocycles. The van der Waals surface area contributed by atoms with E-state index >= 15 is 0 Å². The Labute approximate surface area is 167 Å². The van der Waals surface area contributed by atoms with Crippen LogP contribution in [0.15, 0.2) is 51.8 Å². The molecule has 0 spiro atoms. The average molecular weight is 449 g/mol. The molecule has 2 aromatic rings. The van der Waals surface area contributed by atoms with Gasteiger partial charge in [-0.05, 0) is 61.2 Å². The first kappa shape index (κ1) is 18.7. The maximum atomic E-state index is 12.8. The number of benzene rings is 2. The number of nitrogens with one attached hydrogen (secondary N) is 1. The van der Waals surface area contributed by atoms with Crippen molar-refractivity contribution in [1.29, 1.82) is 0 Å². The number of carbonyl (C=O) groups is 1. The Bertz CT molecular complexity index is 984. The molecule has 142 valence electrons. The third-order valence-electron chi connectivity index (χ3n) is 5.25. The number of sulfonamides is 1. The molecule has 0 unspecified atom stereocenters. The van der Waals surface area contributed by atoms with E-state index in [9.17, 15) is 13.2 Å². The van der Waals surface area contributed by atoms with Crippen molar-refractivity contribution in [3.05, 3.63) is 58.1 Å². The number of anilines is 1. The molecular weight excluding hydrogens is 428 g/mol. The van der Waals surface area contributed by atoms with Gasteiger partial charge in [0.25, 0.3) is 5.91 Å². The van der Waals surface area contributed by atoms with Crippen LogP contribution in [-0.4, -0.2) is 26.9 Å². The summed E-state index contributed by atoms with van der Waals surface area (Å²) in [7, 11) is -3.52. The van der Waals surface area contributed by atoms with Crippen LogP contribution < -0.4 is 9.62 Å². The Hall–Kier alpha value is -1.70. The van der Waals surface area contributed by atoms with Crippen LogP contribution in [0.25, 0.3) is 0 Å². The fourth-order valence-corrected chi connectivity index (χ4v) is 5.62. The zero-order valence-electron chi connectivity index (χ0n) is 14.8. The second-order valence-electron chi connectivity index (χ2n) is 7.11. The SMILES string of the molecule is O=C(c1cccc(Br)c1)N1CCc2cc(S(=O)(=O)NC3CCCC3)ccc21. The lowest BCUT2D eigenvalue weighted by Gasteiger charge is -2.18. The van der Waals surface area contributed by atoms with Gasteiger partial charge in [-0.1, -0.05) is 34.8 Å². The van der Waals surface area contributed by atoms with Gasteiger partial charge in [-0.25, -0.2) is 13.1 Å². The summed E-state index contributed by atoms with van der Waals surface area (Å²) in [6, 6.07) is 12.4. The minimum absolute atomic E-state index is 0.0397. The van der Waals surface area contributed by atoms with E-state index in [2.05, 4.69) is 20.7 Å². The zero-order valence-corrected chi connectivity index (χ0v) is 17.2. The highest BCUT2D eigenvalue weighted by atomic mass is 79.9. The van der Waals surface area contributed by atoms with Crippen molar-refractivity contribution in [2.75, 3.05) is 11.4 Å². The molecule has 1 N–H and O–H groups in total. The Kier molecular flexibility index (Phi) is 5.09. The molecule has 0 radical (unpaired) electrons. The largest absolute Gasteiger partial charge is 0.308 e. The summed E-state index contributed by atoms with van der Waals surface area (Å²) in [5.41, 5.74) is 2.30. The molecule has 1 heterocycles. The van der Waals surface area contributed by atoms with Gasteiger partial charge in [-0.2, -0.15) is 0 Å². The van der Waals surface area contributed by atoms with Crippen molar-refractivity contribution in [1.82, 2.24) is 4.72 Å². The van der Waals surface area contributed by atoms with E-state index < -0.39 is 10.0 Å². The highest BCUT2D eigenvalue weighted by Crippen LogP contribution is 2.32. The van der Waals surface area contributed by atoms with Crippen molar-refractivity contribution in [2.45, 2.75) is 43.0 Å². The van der Waals surface area contributed by atoms with Crippen LogP contribution in [0.3, 0.4) is 0 Å². The standard InChI is InChI=1S/C20H21BrN2O3S/c21-16-5-3-4-15(12-16)20(24)23-11-10-14-13-18(8-9-19(14)23)27(25,26)22-17-6-1-2-7-17/h3-5,8-9,12-13,17,22H,1-2,6-7,10-11H2. The lowest BCUT2D eigenvalue weighted by molar-refractivity contribution is 0.0989. The number of rotatable bonds is 4. The van der Waals surface area contributed by atoms with Gasteiger partial charge >= 0.3 is 0 Å². The third-order valence-corrected chi connectivity index (χ3v) is 7.26. The topological polar surface area (TPSA) is 66.5 Å². The molecule has 1 saturated carbocycles. The monoisotopic (exact) mass is 448 g/mol. The molecule has 1 amide bonds. The lowest BCUT2D eigenvalue weighted by Crippen LogP contribution is -2.32. The summed E-state index contributed by atoms with van der Waals surface area (Å²) < 4.78 is 29.0. The quantitative estimate of drug-likeness (QED) is 0.771. The van der Waals surface area contributed by atoms with Gasteiger partial charge in [0.2, 0.25) is 10.0 Å². The summed E-state index contributed by atoms with van der Waals surface area (Å²) in [5, 5.41) is 0. The number of nitrogens with zero attached hydrogens (tertiary/aromatic N) is 1. The molecule has 5 nitrogen and oxygen atoms in total. The maximum absolute atomic E-state index is 12.8. The molecule has 27 heavy (non-hydrogen) atoms. The second-order valence-corrected chi connectivity index (χ2v) is 9.74. The Balaban J connectivity index is 1.58. The highest BCUT2D eigenvalue weighted by molar-refractivity contribution is 9.10. The molecule has 2 aliphatic rings. The molecule has 7 heteroatoms. The summed E-state index contributed by atoms with van der Waals surface area (Å²) in [5.74, 6) is -0.0743. The predicted octanol–water partition coefficient (Wildman–Crippen LogP) is 3.87. The first-order valence-corrected chi connectivity index (χ1v) is 11.4. The van der Waals surface area contributed by atoms with Crippen LogP contribution >= 0.6 is 15.9 Å². The van der Waals surface area contributed by atoms with Crippen LogP contribution in [0.4, 0.5) is 5.69 Å². The Morgan fingerprint density at radius 3 is 2.63 bits per heavy atom. The number of halogens is 1. The van der Waals surface area contributed by atoms with Crippen molar-refractivity contribution < 1.29 is 13.2 Å². The predicted molar refractivity (Wildman–Crippen MR) is 109 cm³/mol. The first-order chi connectivity index (χ1) is 12.9. The van der Waals surface area contributed by atoms with Gasteiger partial charge in [0, 0.05) is 28.3 Å². The van der Waals surface area contributed by atoms with E-state index in [-0.39, 0.29) is 16.8 Å². The molecule has 0 saturated heterocycles. The first-order valence-electron chi connectivity index (χ1n) is 9.17. The van der Waals surface area contributed by atoms with Crippen LogP contribution in [0, 0.1) is 0 Å². The van der Waals surface area contributed by atoms with Crippen molar-refractivity contribution in [3.8, 4) is 0 Å². The number of fused-ring (bicyclic) bond motifs is 1. The normalized spacial score (nSPS) is 17.3. The number of carbonyl (C=O) groups excluding carboxylic acids is 1. The lowest BCUT2D eigenvalue weighted by atomic mass is 10.1. The van der Waals surface area contributed by atoms with E-state index in [0.29, 0.717) is 18.5 Å². The van der Waals surface area contributed by atoms with Gasteiger partial charge in [0.1, 0.15) is 0 Å². The summed E-state index contributed by atoms with van der Waals surface area (Å²) in [6.45, 7) is 0.556. The molecule has 1 fully saturated rings. The minimum Gasteiger partial charge on any atom is -0.308 e. The molecule has 1 aliphatic carbocycles. The van der Waals surface area contributed by atoms with E-state index in [1.807, 2.05) is 12.1 Å². The van der Waals surface area contributed by atoms with Crippen molar-refractivity contribution in [2.24, 2.45) is 0 Å². The molecular formula is C20H21BrN2O3S. The average Bonchev–Trinajstić information content (AvgIpc) is 3.29. The molecule has 4 rings (SSSR count). The maximum Gasteiger partial charge on any atom is 0.258 e. The third kappa shape index (κ3) is 3.81. The van der Waals surface area contributed by atoms with Crippen molar-refractivity contribution in [3.63, 3.8) is 0 Å². The molecule has 2 aromatic carbocycles. The fourth-order valence-electron chi connectivity index (χ4n) is 3.86. The molecule has 0 aromatic heterocycles. The van der Waals surface area contributed by atoms with Crippen LogP contribution in [-0.2, 0) is 16.4 Å². The van der Waals surface area contributed by atoms with Gasteiger partial charge in [-0.15, -0.1) is 0 Å². The van der Waals surface area contributed by atoms with E-state index in [4.69, 9.17) is 0 Å². The van der Waals surface area contributed by atoms with E-state index in [1.54, 1.807) is 35.2 Å². The Morgan fingerprint density at radius 1 is 1.11 bits per heavy atom. The minimum atomic E-state index is -3.52. The molecule has 0 bridgehead atoms. The van der Waals surface area contributed by atoms with Gasteiger partial charge in [-0.3, -0.25) is 4.79 Å². The van der Waals surface area contributed by atoms with Crippen LogP contribution in [0.2, 0.25) is 0 Å². The Morgan fingerprint density at radius 2 is 1.89 bits per heavy atom. The van der Waals surface area contributed by atoms with Gasteiger partial charge in [0.15, 0.2) is 0 Å². The van der Waals surface area contributed by atoms with Gasteiger partial charge in [0.05, 0.1) is 4.90 Å². The smallest absolute Gasteiger partial charge is 0.258 e. The van der Waals surface area contributed by atoms with Crippen molar-refractivity contribution >= 4 is 37.5 Å². The number of hydrogen-bond donors (Lipinski definition) is 1. The summed E-state index contributed by atoms with van der Waals surface area (Å²) >= 11 is 3.39. The number of amides is 1. The second kappa shape index (κ2) is 7.37. The summed E-state index contributed by atoms with van der Waals surface area (Å²) in [4.78, 5) is 14.9. The molecule has 0 atom stereocenters. The van der Waals surface area contributed by atoms with E-state index in [1.165, 1.54) is 0 Å². The van der Waals surface area contributed by atoms with Gasteiger partial charge < -0.3 is 4.90 Å². The summed E-state index contributed by atoms with van der Waals surface area (Å²) in [6.07, 6.45) is 4.61. The van der Waals surface area contributed by atoms with Crippen LogP contribution in [0.1, 0.15) is 41.6 Å². The number of hydrogen-bond acceptors (Lipinski definition) is 3.